The van der Waals surface area contributed by atoms with Gasteiger partial charge in [0, 0.05) is 17.3 Å². The Morgan fingerprint density at radius 2 is 1.84 bits per heavy atom. The van der Waals surface area contributed by atoms with Crippen LogP contribution in [0.1, 0.15) is 28.5 Å². The van der Waals surface area contributed by atoms with Crippen LogP contribution in [-0.2, 0) is 0 Å². The highest BCUT2D eigenvalue weighted by Gasteiger charge is 2.20. The second kappa shape index (κ2) is 8.47. The van der Waals surface area contributed by atoms with Gasteiger partial charge in [-0.1, -0.05) is 35.0 Å². The summed E-state index contributed by atoms with van der Waals surface area (Å²) in [6, 6.07) is 14.9. The molecule has 0 fully saturated rings. The zero-order valence-electron chi connectivity index (χ0n) is 17.9. The molecule has 0 saturated carbocycles. The van der Waals surface area contributed by atoms with Crippen molar-refractivity contribution in [3.63, 3.8) is 0 Å². The van der Waals surface area contributed by atoms with E-state index in [9.17, 15) is 4.79 Å². The Balaban J connectivity index is 1.73. The van der Waals surface area contributed by atoms with E-state index in [4.69, 9.17) is 14.0 Å². The minimum atomic E-state index is -0.293. The van der Waals surface area contributed by atoms with Crippen molar-refractivity contribution in [1.82, 2.24) is 10.1 Å². The predicted octanol–water partition coefficient (Wildman–Crippen LogP) is 5.17. The monoisotopic (exact) mass is 417 g/mol. The average molecular weight is 417 g/mol. The number of carbonyl (C=O) groups excluding carboxylic acids is 1. The summed E-state index contributed by atoms with van der Waals surface area (Å²) in [5, 5.41) is 7.52. The first-order chi connectivity index (χ1) is 15.0. The van der Waals surface area contributed by atoms with Crippen molar-refractivity contribution in [3.8, 4) is 22.8 Å². The van der Waals surface area contributed by atoms with Gasteiger partial charge in [0.1, 0.15) is 0 Å². The van der Waals surface area contributed by atoms with Crippen LogP contribution in [-0.4, -0.2) is 29.8 Å². The molecule has 7 nitrogen and oxygen atoms in total. The van der Waals surface area contributed by atoms with Crippen LogP contribution in [0.15, 0.2) is 53.1 Å². The number of amides is 1. The van der Waals surface area contributed by atoms with E-state index in [-0.39, 0.29) is 5.91 Å². The molecule has 0 aliphatic carbocycles. The SMILES string of the molecule is CCOc1ccc(NC(=O)c2cc(-c3ccc(C)cc3)nc3onc(C)c23)cc1OC. The van der Waals surface area contributed by atoms with Gasteiger partial charge in [-0.05, 0) is 39.0 Å². The van der Waals surface area contributed by atoms with Gasteiger partial charge in [-0.25, -0.2) is 4.98 Å². The maximum absolute atomic E-state index is 13.2. The lowest BCUT2D eigenvalue weighted by molar-refractivity contribution is 0.102. The van der Waals surface area contributed by atoms with Crippen LogP contribution in [0.5, 0.6) is 11.5 Å². The van der Waals surface area contributed by atoms with Gasteiger partial charge in [-0.2, -0.15) is 0 Å². The highest BCUT2D eigenvalue weighted by molar-refractivity contribution is 6.13. The summed E-state index contributed by atoms with van der Waals surface area (Å²) in [5.41, 5.74) is 4.62. The van der Waals surface area contributed by atoms with Crippen molar-refractivity contribution in [2.45, 2.75) is 20.8 Å². The van der Waals surface area contributed by atoms with Gasteiger partial charge < -0.3 is 19.3 Å². The number of aromatic nitrogens is 2. The van der Waals surface area contributed by atoms with Gasteiger partial charge in [0.15, 0.2) is 11.5 Å². The summed E-state index contributed by atoms with van der Waals surface area (Å²) in [6.07, 6.45) is 0. The second-order valence-corrected chi connectivity index (χ2v) is 7.12. The Morgan fingerprint density at radius 3 is 2.55 bits per heavy atom. The lowest BCUT2D eigenvalue weighted by Gasteiger charge is -2.12. The number of carbonyl (C=O) groups is 1. The standard InChI is InChI=1S/C24H23N3O4/c1-5-30-20-11-10-17(12-21(20)29-4)25-23(28)18-13-19(16-8-6-14(2)7-9-16)26-24-22(18)15(3)27-31-24/h6-13H,5H2,1-4H3,(H,25,28). The third-order valence-corrected chi connectivity index (χ3v) is 4.93. The minimum Gasteiger partial charge on any atom is -0.493 e. The number of rotatable bonds is 6. The fraction of sp³-hybridized carbons (Fsp3) is 0.208. The molecule has 0 unspecified atom stereocenters. The van der Waals surface area contributed by atoms with E-state index in [1.54, 1.807) is 38.3 Å². The van der Waals surface area contributed by atoms with Crippen molar-refractivity contribution in [2.24, 2.45) is 0 Å². The van der Waals surface area contributed by atoms with Gasteiger partial charge in [-0.15, -0.1) is 0 Å². The number of fused-ring (bicyclic) bond motifs is 1. The molecule has 4 rings (SSSR count). The van der Waals surface area contributed by atoms with E-state index in [0.717, 1.165) is 11.1 Å². The molecular weight excluding hydrogens is 394 g/mol. The van der Waals surface area contributed by atoms with E-state index in [1.165, 1.54) is 0 Å². The Bertz CT molecular complexity index is 1250. The molecule has 0 bridgehead atoms. The van der Waals surface area contributed by atoms with E-state index < -0.39 is 0 Å². The minimum absolute atomic E-state index is 0.293. The van der Waals surface area contributed by atoms with E-state index in [2.05, 4.69) is 15.5 Å². The number of aryl methyl sites for hydroxylation is 2. The van der Waals surface area contributed by atoms with Gasteiger partial charge in [0.2, 0.25) is 0 Å². The first-order valence-corrected chi connectivity index (χ1v) is 9.96. The Morgan fingerprint density at radius 1 is 1.06 bits per heavy atom. The molecule has 0 aliphatic rings. The molecule has 0 spiro atoms. The number of ether oxygens (including phenoxy) is 2. The second-order valence-electron chi connectivity index (χ2n) is 7.12. The fourth-order valence-corrected chi connectivity index (χ4v) is 3.36. The molecule has 0 saturated heterocycles. The molecule has 31 heavy (non-hydrogen) atoms. The quantitative estimate of drug-likeness (QED) is 0.466. The maximum atomic E-state index is 13.2. The maximum Gasteiger partial charge on any atom is 0.259 e. The largest absolute Gasteiger partial charge is 0.493 e. The van der Waals surface area contributed by atoms with Gasteiger partial charge in [0.05, 0.1) is 36.1 Å². The number of pyridine rings is 1. The highest BCUT2D eigenvalue weighted by Crippen LogP contribution is 2.32. The lowest BCUT2D eigenvalue weighted by atomic mass is 10.0. The number of nitrogens with zero attached hydrogens (tertiary/aromatic N) is 2. The van der Waals surface area contributed by atoms with Crippen molar-refractivity contribution in [1.29, 1.82) is 0 Å². The number of benzene rings is 2. The average Bonchev–Trinajstić information content (AvgIpc) is 3.15. The third kappa shape index (κ3) is 4.07. The summed E-state index contributed by atoms with van der Waals surface area (Å²) in [5.74, 6) is 0.866. The van der Waals surface area contributed by atoms with Crippen LogP contribution in [0.2, 0.25) is 0 Å². The molecule has 4 aromatic rings. The Kier molecular flexibility index (Phi) is 5.58. The summed E-state index contributed by atoms with van der Waals surface area (Å²) < 4.78 is 16.3. The number of hydrogen-bond acceptors (Lipinski definition) is 6. The molecule has 2 aromatic heterocycles. The number of hydrogen-bond donors (Lipinski definition) is 1. The molecule has 158 valence electrons. The molecule has 0 aliphatic heterocycles. The first kappa shape index (κ1) is 20.4. The molecular formula is C24H23N3O4. The molecule has 0 radical (unpaired) electrons. The summed E-state index contributed by atoms with van der Waals surface area (Å²) >= 11 is 0. The topological polar surface area (TPSA) is 86.5 Å². The smallest absolute Gasteiger partial charge is 0.259 e. The molecule has 1 amide bonds. The van der Waals surface area contributed by atoms with Crippen molar-refractivity contribution >= 4 is 22.7 Å². The summed E-state index contributed by atoms with van der Waals surface area (Å²) in [4.78, 5) is 17.8. The summed E-state index contributed by atoms with van der Waals surface area (Å²) in [6.45, 7) is 6.22. The third-order valence-electron chi connectivity index (χ3n) is 4.93. The number of nitrogens with one attached hydrogen (secondary N) is 1. The molecule has 2 heterocycles. The number of anilines is 1. The van der Waals surface area contributed by atoms with Gasteiger partial charge >= 0.3 is 0 Å². The highest BCUT2D eigenvalue weighted by atomic mass is 16.5. The van der Waals surface area contributed by atoms with Gasteiger partial charge in [-0.3, -0.25) is 4.79 Å². The normalized spacial score (nSPS) is 10.8. The Hall–Kier alpha value is -3.87. The van der Waals surface area contributed by atoms with Crippen molar-refractivity contribution in [3.05, 3.63) is 65.4 Å². The Labute approximate surface area is 180 Å². The first-order valence-electron chi connectivity index (χ1n) is 9.96. The molecule has 7 heteroatoms. The molecule has 1 N–H and O–H groups in total. The van der Waals surface area contributed by atoms with Crippen LogP contribution < -0.4 is 14.8 Å². The van der Waals surface area contributed by atoms with Crippen LogP contribution in [0.4, 0.5) is 5.69 Å². The van der Waals surface area contributed by atoms with Crippen LogP contribution >= 0.6 is 0 Å². The van der Waals surface area contributed by atoms with Crippen molar-refractivity contribution in [2.75, 3.05) is 19.0 Å². The zero-order valence-corrected chi connectivity index (χ0v) is 17.9. The van der Waals surface area contributed by atoms with Gasteiger partial charge in [0.25, 0.3) is 11.6 Å². The van der Waals surface area contributed by atoms with E-state index in [1.807, 2.05) is 38.1 Å². The lowest BCUT2D eigenvalue weighted by Crippen LogP contribution is -2.13. The van der Waals surface area contributed by atoms with E-state index in [0.29, 0.717) is 51.8 Å². The molecule has 2 aromatic carbocycles. The van der Waals surface area contributed by atoms with Crippen LogP contribution in [0, 0.1) is 13.8 Å². The van der Waals surface area contributed by atoms with Crippen LogP contribution in [0.3, 0.4) is 0 Å². The van der Waals surface area contributed by atoms with Crippen molar-refractivity contribution < 1.29 is 18.8 Å². The fourth-order valence-electron chi connectivity index (χ4n) is 3.36. The predicted molar refractivity (Wildman–Crippen MR) is 119 cm³/mol. The zero-order chi connectivity index (χ0) is 22.0. The van der Waals surface area contributed by atoms with Crippen LogP contribution in [0.25, 0.3) is 22.4 Å². The summed E-state index contributed by atoms with van der Waals surface area (Å²) in [7, 11) is 1.56. The van der Waals surface area contributed by atoms with E-state index >= 15 is 0 Å². The molecule has 0 atom stereocenters. The number of methoxy groups -OCH3 is 1.